The van der Waals surface area contributed by atoms with Crippen molar-refractivity contribution >= 4 is 137 Å². The number of amides is 8. The molecule has 47 heteroatoms. The van der Waals surface area contributed by atoms with Crippen molar-refractivity contribution in [3.63, 3.8) is 0 Å². The third-order valence-corrected chi connectivity index (χ3v) is 24.4. The number of carbonyl (C=O) groups excluding carboxylic acids is 23. The van der Waals surface area contributed by atoms with E-state index in [2.05, 4.69) is 42.5 Å². The number of esters is 15. The summed E-state index contributed by atoms with van der Waals surface area (Å²) in [5.74, 6) is -34.5. The summed E-state index contributed by atoms with van der Waals surface area (Å²) in [6.45, 7) is 30.5. The van der Waals surface area contributed by atoms with Crippen LogP contribution in [0.1, 0.15) is 240 Å². The third-order valence-electron chi connectivity index (χ3n) is 24.4. The van der Waals surface area contributed by atoms with Gasteiger partial charge in [0.1, 0.15) is 68.1 Å². The minimum Gasteiger partial charge on any atom is -0.465 e. The lowest BCUT2D eigenvalue weighted by atomic mass is 9.84. The first-order valence-corrected chi connectivity index (χ1v) is 47.7. The van der Waals surface area contributed by atoms with E-state index in [1.807, 2.05) is 0 Å². The fourth-order valence-electron chi connectivity index (χ4n) is 16.1. The molecule has 24 unspecified atom stereocenters. The van der Waals surface area contributed by atoms with Gasteiger partial charge in [0.05, 0.1) is 30.4 Å². The van der Waals surface area contributed by atoms with Gasteiger partial charge in [-0.1, -0.05) is 117 Å². The molecule has 0 aromatic heterocycles. The molecule has 25 atom stereocenters. The molecule has 47 nitrogen and oxygen atoms in total. The summed E-state index contributed by atoms with van der Waals surface area (Å²) in [6, 6.07) is -1.80. The van der Waals surface area contributed by atoms with Crippen LogP contribution in [0.3, 0.4) is 0 Å². The lowest BCUT2D eigenvalue weighted by Crippen LogP contribution is -2.60. The lowest BCUT2D eigenvalue weighted by Gasteiger charge is -2.38. The first kappa shape index (κ1) is 131. The first-order valence-electron chi connectivity index (χ1n) is 47.7. The molecular weight excluding hydrogens is 1890 g/mol. The molecule has 0 heterocycles. The molecule has 10 N–H and O–H groups in total. The minimum absolute atomic E-state index is 0.173. The zero-order valence-electron chi connectivity index (χ0n) is 88.3. The van der Waals surface area contributed by atoms with Crippen molar-refractivity contribution in [3.8, 4) is 0 Å². The van der Waals surface area contributed by atoms with Crippen molar-refractivity contribution in [2.45, 2.75) is 319 Å². The summed E-state index contributed by atoms with van der Waals surface area (Å²) in [7, 11) is 0. The fraction of sp³-hybridized carbons (Fsp3) is 0.760. The molecule has 0 aromatic carbocycles. The lowest BCUT2D eigenvalue weighted by molar-refractivity contribution is -0.171. The van der Waals surface area contributed by atoms with Crippen molar-refractivity contribution in [2.24, 2.45) is 87.6 Å². The van der Waals surface area contributed by atoms with E-state index in [0.717, 1.165) is 104 Å². The molecule has 8 amide bonds. The molecule has 0 saturated carbocycles. The maximum absolute atomic E-state index is 15.2. The van der Waals surface area contributed by atoms with E-state index in [0.29, 0.717) is 12.8 Å². The molecule has 0 aliphatic heterocycles. The Labute approximate surface area is 836 Å². The molecular formula is C96H157N9O38. The van der Waals surface area contributed by atoms with Crippen LogP contribution in [-0.4, -0.2) is 288 Å². The highest BCUT2D eigenvalue weighted by Gasteiger charge is 2.48. The Kier molecular flexibility index (Phi) is 58.9. The minimum atomic E-state index is -2.11. The SMILES string of the molecule is CCC(C)C(OC(C)=O)C(C)C(OC(C)=O)C(=O)NCC(CNC(=O)CC[C@H](N)C(=O)NCC(CNC(=O)C(C)C(OC(C)=O)C(C)C(COC(C)=O)OC(C)=O)(CNC(=O)C(C)C(OC(C)=O)C(C)C(COC(C)=O)OC(C)=O)CNC(=O)C(OC(C)=O)C(C)C(OC(C)=O)C(C)COC(C)=O)(CNC(=O)C(C)C(OC(C)=O)C(C)C(CC)OC(C)=O)CNC(=O)C(OC(C)=O)C(C)C(OC(C)=O)C(C)CC. The normalized spacial score (nSPS) is 17.3. The van der Waals surface area contributed by atoms with Gasteiger partial charge >= 0.3 is 89.5 Å². The number of hydrogen-bond acceptors (Lipinski definition) is 39. The van der Waals surface area contributed by atoms with Crippen molar-refractivity contribution in [2.75, 3.05) is 72.2 Å². The second-order valence-electron chi connectivity index (χ2n) is 37.0. The van der Waals surface area contributed by atoms with Gasteiger partial charge in [0, 0.05) is 215 Å². The Morgan fingerprint density at radius 1 is 0.231 bits per heavy atom. The highest BCUT2D eigenvalue weighted by atomic mass is 16.6. The summed E-state index contributed by atoms with van der Waals surface area (Å²) in [6.07, 6.45) is -17.7. The Bertz CT molecular complexity index is 4160. The number of hydrogen-bond donors (Lipinski definition) is 9. The monoisotopic (exact) mass is 2040 g/mol. The van der Waals surface area contributed by atoms with Crippen LogP contribution in [0.2, 0.25) is 0 Å². The van der Waals surface area contributed by atoms with Crippen molar-refractivity contribution in [1.82, 2.24) is 42.5 Å². The smallest absolute Gasteiger partial charge is 0.303 e. The van der Waals surface area contributed by atoms with Crippen molar-refractivity contribution in [3.05, 3.63) is 0 Å². The standard InChI is InChI=1S/C96H157N9O38/c1-31-47(4)79(135-65(22)112)53(10)85(141-71(28)118)92(126)103-44-95(40-99-88(122)56(13)82(138-68(25)115)50(7)75(33-3)132-62(19)109,45-104-93(127)86(142-72(29)119)54(11)80(48(5)32-2)136-66(23)113)39-98-78(121)35-34-74(97)91(125)102-43-96(41-100-89(123)57(14)83(139-69(26)116)51(8)76(133-63(20)110)37-130-60(17)107,42-101-90(124)58(15)84(140-70(27)117)52(9)77(134-64(21)111)38-131-61(18)108)46-105-94(128)87(143-73(30)120)55(12)81(137-67(24)114)49(6)36-129-59(16)106/h47-58,74-77,79-87H,31-46,97H2,1-30H3,(H,98,121)(H,99,122)(H,100,123)(H,101,124)(H,102,125)(H,103,126)(H,104,127)(H,105,128)/t47?,48?,49?,50?,51?,52?,53?,54?,55?,56?,57?,58?,74-,75?,76?,77?,79?,80?,81?,82?,83?,84?,85?,86?,87?,95?,96?/m0/s1. The van der Waals surface area contributed by atoms with Gasteiger partial charge in [-0.15, -0.1) is 0 Å². The van der Waals surface area contributed by atoms with E-state index in [-0.39, 0.29) is 6.42 Å². The van der Waals surface area contributed by atoms with Gasteiger partial charge in [-0.2, -0.15) is 0 Å². The molecule has 0 saturated heterocycles. The van der Waals surface area contributed by atoms with Gasteiger partial charge in [-0.25, -0.2) is 0 Å². The van der Waals surface area contributed by atoms with Crippen LogP contribution in [0.5, 0.6) is 0 Å². The third kappa shape index (κ3) is 48.1. The van der Waals surface area contributed by atoms with Crippen LogP contribution in [0.25, 0.3) is 0 Å². The van der Waals surface area contributed by atoms with E-state index in [1.54, 1.807) is 41.5 Å². The van der Waals surface area contributed by atoms with Gasteiger partial charge in [0.25, 0.3) is 17.7 Å². The molecule has 814 valence electrons. The summed E-state index contributed by atoms with van der Waals surface area (Å²) in [5, 5.41) is 21.7. The average molecular weight is 2050 g/mol. The maximum Gasteiger partial charge on any atom is 0.303 e. The molecule has 143 heavy (non-hydrogen) atoms. The van der Waals surface area contributed by atoms with Gasteiger partial charge in [-0.3, -0.25) is 110 Å². The number of nitrogens with two attached hydrogens (primary N) is 1. The number of nitrogens with one attached hydrogen (secondary N) is 8. The maximum atomic E-state index is 15.2. The summed E-state index contributed by atoms with van der Waals surface area (Å²) in [5.41, 5.74) is 2.63. The second-order valence-corrected chi connectivity index (χ2v) is 37.0. The van der Waals surface area contributed by atoms with Gasteiger partial charge in [0.2, 0.25) is 29.5 Å². The van der Waals surface area contributed by atoms with Crippen LogP contribution in [0.4, 0.5) is 0 Å². The molecule has 0 aliphatic rings. The van der Waals surface area contributed by atoms with Crippen molar-refractivity contribution < 1.29 is 181 Å². The molecule has 0 spiro atoms. The average Bonchev–Trinajstić information content (AvgIpc) is 0.820. The number of rotatable bonds is 65. The number of ether oxygens (including phenoxy) is 15. The van der Waals surface area contributed by atoms with Crippen LogP contribution in [0, 0.1) is 81.8 Å². The zero-order valence-corrected chi connectivity index (χ0v) is 88.3. The number of carbonyl (C=O) groups is 23. The Balaban J connectivity index is 9.66. The quantitative estimate of drug-likeness (QED) is 0.0312. The van der Waals surface area contributed by atoms with E-state index in [1.165, 1.54) is 62.3 Å². The molecule has 0 bridgehead atoms. The Morgan fingerprint density at radius 3 is 0.692 bits per heavy atom. The van der Waals surface area contributed by atoms with Gasteiger partial charge in [0.15, 0.2) is 18.3 Å². The van der Waals surface area contributed by atoms with Crippen LogP contribution in [-0.2, 0) is 181 Å². The Morgan fingerprint density at radius 2 is 0.448 bits per heavy atom. The largest absolute Gasteiger partial charge is 0.465 e. The predicted octanol–water partition coefficient (Wildman–Crippen LogP) is 2.73. The van der Waals surface area contributed by atoms with E-state index >= 15 is 33.6 Å². The van der Waals surface area contributed by atoms with Crippen LogP contribution in [0.15, 0.2) is 0 Å². The van der Waals surface area contributed by atoms with Gasteiger partial charge < -0.3 is 119 Å². The zero-order chi connectivity index (χ0) is 110. The summed E-state index contributed by atoms with van der Waals surface area (Å²) < 4.78 is 83.5. The Hall–Kier alpha value is -12.2. The van der Waals surface area contributed by atoms with E-state index in [4.69, 9.17) is 76.8 Å². The van der Waals surface area contributed by atoms with Crippen molar-refractivity contribution in [1.29, 1.82) is 0 Å². The second kappa shape index (κ2) is 64.4. The van der Waals surface area contributed by atoms with Crippen LogP contribution >= 0.6 is 0 Å². The first-order chi connectivity index (χ1) is 66.3. The highest BCUT2D eigenvalue weighted by molar-refractivity contribution is 5.88. The predicted molar refractivity (Wildman–Crippen MR) is 504 cm³/mol. The van der Waals surface area contributed by atoms with Gasteiger partial charge in [-0.05, 0) is 24.7 Å². The topological polar surface area (TPSA) is 653 Å². The molecule has 0 aromatic rings. The van der Waals surface area contributed by atoms with E-state index < -0.39 is 383 Å². The summed E-state index contributed by atoms with van der Waals surface area (Å²) in [4.78, 5) is 311. The molecule has 0 radical (unpaired) electrons. The molecule has 0 aliphatic carbocycles. The fourth-order valence-corrected chi connectivity index (χ4v) is 16.1. The van der Waals surface area contributed by atoms with E-state index in [9.17, 15) is 76.7 Å². The highest BCUT2D eigenvalue weighted by Crippen LogP contribution is 2.33. The molecule has 0 fully saturated rings. The van der Waals surface area contributed by atoms with Crippen LogP contribution < -0.4 is 48.3 Å². The summed E-state index contributed by atoms with van der Waals surface area (Å²) >= 11 is 0. The molecule has 0 rings (SSSR count).